The summed E-state index contributed by atoms with van der Waals surface area (Å²) in [5.41, 5.74) is 6.76. The molecule has 0 spiro atoms. The van der Waals surface area contributed by atoms with Crippen LogP contribution in [0.25, 0.3) is 5.65 Å². The molecule has 1 aliphatic rings. The SMILES string of the molecule is NCC1CCCCC1NCc1nnc2ccccn12. The Labute approximate surface area is 113 Å². The van der Waals surface area contributed by atoms with Crippen molar-refractivity contribution in [1.29, 1.82) is 0 Å². The molecule has 2 atom stereocenters. The van der Waals surface area contributed by atoms with Crippen molar-refractivity contribution in [3.63, 3.8) is 0 Å². The highest BCUT2D eigenvalue weighted by Crippen LogP contribution is 2.23. The van der Waals surface area contributed by atoms with Gasteiger partial charge >= 0.3 is 0 Å². The zero-order valence-electron chi connectivity index (χ0n) is 11.1. The van der Waals surface area contributed by atoms with E-state index >= 15 is 0 Å². The van der Waals surface area contributed by atoms with Gasteiger partial charge in [0.1, 0.15) is 0 Å². The highest BCUT2D eigenvalue weighted by molar-refractivity contribution is 5.36. The molecule has 0 aliphatic heterocycles. The second kappa shape index (κ2) is 5.67. The van der Waals surface area contributed by atoms with Gasteiger partial charge in [0, 0.05) is 12.2 Å². The van der Waals surface area contributed by atoms with Crippen LogP contribution in [0.3, 0.4) is 0 Å². The van der Waals surface area contributed by atoms with Crippen LogP contribution in [0.15, 0.2) is 24.4 Å². The zero-order chi connectivity index (χ0) is 13.1. The standard InChI is InChI=1S/C14H21N5/c15-9-11-5-1-2-6-12(11)16-10-14-18-17-13-7-3-4-8-19(13)14/h3-4,7-8,11-12,16H,1-2,5-6,9-10,15H2. The fourth-order valence-corrected chi connectivity index (χ4v) is 2.99. The average Bonchev–Trinajstić information content (AvgIpc) is 2.89. The van der Waals surface area contributed by atoms with Crippen molar-refractivity contribution < 1.29 is 0 Å². The van der Waals surface area contributed by atoms with Gasteiger partial charge < -0.3 is 11.1 Å². The summed E-state index contributed by atoms with van der Waals surface area (Å²) in [6.07, 6.45) is 7.09. The van der Waals surface area contributed by atoms with E-state index in [0.717, 1.165) is 24.6 Å². The minimum Gasteiger partial charge on any atom is -0.330 e. The Hall–Kier alpha value is -1.46. The fourth-order valence-electron chi connectivity index (χ4n) is 2.99. The van der Waals surface area contributed by atoms with E-state index in [-0.39, 0.29) is 0 Å². The monoisotopic (exact) mass is 259 g/mol. The van der Waals surface area contributed by atoms with Gasteiger partial charge in [0.05, 0.1) is 6.54 Å². The van der Waals surface area contributed by atoms with Crippen LogP contribution in [-0.4, -0.2) is 27.2 Å². The third kappa shape index (κ3) is 2.62. The number of nitrogens with one attached hydrogen (secondary N) is 1. The molecule has 2 aromatic heterocycles. The van der Waals surface area contributed by atoms with Crippen molar-refractivity contribution >= 4 is 5.65 Å². The molecule has 102 valence electrons. The molecule has 2 aromatic rings. The first kappa shape index (κ1) is 12.6. The predicted molar refractivity (Wildman–Crippen MR) is 74.6 cm³/mol. The van der Waals surface area contributed by atoms with Crippen molar-refractivity contribution in [2.45, 2.75) is 38.3 Å². The van der Waals surface area contributed by atoms with Crippen LogP contribution in [0.2, 0.25) is 0 Å². The van der Waals surface area contributed by atoms with Crippen LogP contribution < -0.4 is 11.1 Å². The van der Waals surface area contributed by atoms with Gasteiger partial charge in [0.15, 0.2) is 11.5 Å². The number of rotatable bonds is 4. The molecule has 0 bridgehead atoms. The Morgan fingerprint density at radius 3 is 3.05 bits per heavy atom. The number of nitrogens with two attached hydrogens (primary N) is 1. The molecule has 5 nitrogen and oxygen atoms in total. The lowest BCUT2D eigenvalue weighted by Crippen LogP contribution is -2.41. The van der Waals surface area contributed by atoms with Crippen LogP contribution in [0.1, 0.15) is 31.5 Å². The quantitative estimate of drug-likeness (QED) is 0.869. The van der Waals surface area contributed by atoms with Crippen LogP contribution >= 0.6 is 0 Å². The first-order valence-electron chi connectivity index (χ1n) is 7.10. The summed E-state index contributed by atoms with van der Waals surface area (Å²) < 4.78 is 2.03. The van der Waals surface area contributed by atoms with E-state index < -0.39 is 0 Å². The van der Waals surface area contributed by atoms with Gasteiger partial charge in [-0.2, -0.15) is 0 Å². The summed E-state index contributed by atoms with van der Waals surface area (Å²) in [4.78, 5) is 0. The number of pyridine rings is 1. The molecular weight excluding hydrogens is 238 g/mol. The number of aromatic nitrogens is 3. The van der Waals surface area contributed by atoms with Crippen molar-refractivity contribution in [3.05, 3.63) is 30.2 Å². The smallest absolute Gasteiger partial charge is 0.160 e. The van der Waals surface area contributed by atoms with Crippen molar-refractivity contribution in [1.82, 2.24) is 19.9 Å². The van der Waals surface area contributed by atoms with E-state index in [4.69, 9.17) is 5.73 Å². The number of nitrogens with zero attached hydrogens (tertiary/aromatic N) is 3. The van der Waals surface area contributed by atoms with Crippen LogP contribution in [0.4, 0.5) is 0 Å². The average molecular weight is 259 g/mol. The lowest BCUT2D eigenvalue weighted by molar-refractivity contribution is 0.265. The van der Waals surface area contributed by atoms with E-state index in [2.05, 4.69) is 15.5 Å². The Bertz CT molecular complexity index is 535. The van der Waals surface area contributed by atoms with E-state index in [1.54, 1.807) is 0 Å². The van der Waals surface area contributed by atoms with E-state index in [1.165, 1.54) is 25.7 Å². The molecule has 1 fully saturated rings. The molecule has 3 rings (SSSR count). The van der Waals surface area contributed by atoms with Gasteiger partial charge in [-0.25, -0.2) is 0 Å². The minimum atomic E-state index is 0.523. The van der Waals surface area contributed by atoms with Crippen molar-refractivity contribution in [2.24, 2.45) is 11.7 Å². The van der Waals surface area contributed by atoms with Gasteiger partial charge in [0.2, 0.25) is 0 Å². The minimum absolute atomic E-state index is 0.523. The Balaban J connectivity index is 1.68. The van der Waals surface area contributed by atoms with E-state index in [1.807, 2.05) is 28.8 Å². The molecule has 3 N–H and O–H groups in total. The number of hydrogen-bond acceptors (Lipinski definition) is 4. The van der Waals surface area contributed by atoms with Crippen LogP contribution in [0, 0.1) is 5.92 Å². The molecule has 19 heavy (non-hydrogen) atoms. The number of hydrogen-bond donors (Lipinski definition) is 2. The van der Waals surface area contributed by atoms with Gasteiger partial charge in [0.25, 0.3) is 0 Å². The molecule has 0 saturated heterocycles. The molecule has 1 saturated carbocycles. The van der Waals surface area contributed by atoms with Crippen molar-refractivity contribution in [2.75, 3.05) is 6.54 Å². The molecule has 1 aliphatic carbocycles. The predicted octanol–water partition coefficient (Wildman–Crippen LogP) is 1.34. The summed E-state index contributed by atoms with van der Waals surface area (Å²) in [6.45, 7) is 1.53. The van der Waals surface area contributed by atoms with Gasteiger partial charge in [-0.15, -0.1) is 10.2 Å². The van der Waals surface area contributed by atoms with E-state index in [0.29, 0.717) is 12.0 Å². The third-order valence-corrected chi connectivity index (χ3v) is 4.12. The van der Waals surface area contributed by atoms with E-state index in [9.17, 15) is 0 Å². The summed E-state index contributed by atoms with van der Waals surface area (Å²) in [5, 5.41) is 12.0. The maximum absolute atomic E-state index is 5.86. The second-order valence-electron chi connectivity index (χ2n) is 5.31. The molecule has 0 radical (unpaired) electrons. The molecule has 0 aromatic carbocycles. The maximum atomic E-state index is 5.86. The summed E-state index contributed by atoms with van der Waals surface area (Å²) >= 11 is 0. The van der Waals surface area contributed by atoms with Gasteiger partial charge in [-0.3, -0.25) is 4.40 Å². The fraction of sp³-hybridized carbons (Fsp3) is 0.571. The first-order chi connectivity index (χ1) is 9.38. The van der Waals surface area contributed by atoms with Crippen molar-refractivity contribution in [3.8, 4) is 0 Å². The zero-order valence-corrected chi connectivity index (χ0v) is 11.1. The van der Waals surface area contributed by atoms with Gasteiger partial charge in [-0.05, 0) is 37.4 Å². The lowest BCUT2D eigenvalue weighted by atomic mass is 9.84. The molecule has 2 heterocycles. The summed E-state index contributed by atoms with van der Waals surface area (Å²) in [5.74, 6) is 1.57. The largest absolute Gasteiger partial charge is 0.330 e. The molecule has 5 heteroatoms. The highest BCUT2D eigenvalue weighted by atomic mass is 15.3. The summed E-state index contributed by atoms with van der Waals surface area (Å²) in [7, 11) is 0. The first-order valence-corrected chi connectivity index (χ1v) is 7.10. The van der Waals surface area contributed by atoms with Crippen LogP contribution in [0.5, 0.6) is 0 Å². The van der Waals surface area contributed by atoms with Gasteiger partial charge in [-0.1, -0.05) is 18.9 Å². The van der Waals surface area contributed by atoms with Crippen LogP contribution in [-0.2, 0) is 6.54 Å². The Kier molecular flexibility index (Phi) is 3.75. The summed E-state index contributed by atoms with van der Waals surface area (Å²) in [6, 6.07) is 6.48. The lowest BCUT2D eigenvalue weighted by Gasteiger charge is -2.31. The highest BCUT2D eigenvalue weighted by Gasteiger charge is 2.23. The topological polar surface area (TPSA) is 68.2 Å². The second-order valence-corrected chi connectivity index (χ2v) is 5.31. The molecular formula is C14H21N5. The Morgan fingerprint density at radius 2 is 2.16 bits per heavy atom. The number of fused-ring (bicyclic) bond motifs is 1. The maximum Gasteiger partial charge on any atom is 0.160 e. The molecule has 0 amide bonds. The Morgan fingerprint density at radius 1 is 1.26 bits per heavy atom. The molecule has 2 unspecified atom stereocenters. The normalized spacial score (nSPS) is 23.8. The third-order valence-electron chi connectivity index (χ3n) is 4.12.